The van der Waals surface area contributed by atoms with E-state index in [1.807, 2.05) is 23.6 Å². The van der Waals surface area contributed by atoms with Crippen LogP contribution in [0.3, 0.4) is 0 Å². The van der Waals surface area contributed by atoms with Gasteiger partial charge in [-0.15, -0.1) is 0 Å². The van der Waals surface area contributed by atoms with Crippen molar-refractivity contribution in [3.63, 3.8) is 0 Å². The zero-order chi connectivity index (χ0) is 20.0. The third-order valence-corrected chi connectivity index (χ3v) is 6.33. The van der Waals surface area contributed by atoms with Gasteiger partial charge in [-0.3, -0.25) is 4.79 Å². The monoisotopic (exact) mass is 402 g/mol. The van der Waals surface area contributed by atoms with Crippen molar-refractivity contribution in [3.05, 3.63) is 0 Å². The number of amides is 3. The van der Waals surface area contributed by atoms with Crippen molar-refractivity contribution in [2.75, 3.05) is 45.5 Å². The lowest BCUT2D eigenvalue weighted by Gasteiger charge is -2.40. The Balaban J connectivity index is 1.92. The molecule has 2 heterocycles. The molecule has 0 aromatic heterocycles. The molecule has 3 amide bonds. The van der Waals surface area contributed by atoms with E-state index in [2.05, 4.69) is 4.72 Å². The van der Waals surface area contributed by atoms with Crippen molar-refractivity contribution in [1.29, 1.82) is 0 Å². The van der Waals surface area contributed by atoms with Crippen LogP contribution in [0.5, 0.6) is 0 Å². The Kier molecular flexibility index (Phi) is 7.91. The number of hydrogen-bond donors (Lipinski definition) is 1. The van der Waals surface area contributed by atoms with Crippen LogP contribution in [-0.2, 0) is 14.8 Å². The lowest BCUT2D eigenvalue weighted by Crippen LogP contribution is -2.53. The summed E-state index contributed by atoms with van der Waals surface area (Å²) in [5, 5.41) is 0. The van der Waals surface area contributed by atoms with Crippen molar-refractivity contribution < 1.29 is 18.0 Å². The van der Waals surface area contributed by atoms with Gasteiger partial charge in [0, 0.05) is 51.2 Å². The number of carbonyl (C=O) groups excluding carboxylic acids is 2. The molecule has 0 spiro atoms. The fraction of sp³-hybridized carbons (Fsp3) is 0.889. The molecule has 0 aromatic rings. The minimum atomic E-state index is -3.26. The fourth-order valence-electron chi connectivity index (χ4n) is 4.00. The molecule has 2 fully saturated rings. The second-order valence-corrected chi connectivity index (χ2v) is 9.35. The fourth-order valence-corrected chi connectivity index (χ4v) is 4.49. The maximum absolute atomic E-state index is 13.0. The Hall–Kier alpha value is -1.35. The second kappa shape index (κ2) is 9.73. The Morgan fingerprint density at radius 2 is 1.67 bits per heavy atom. The number of rotatable bonds is 6. The molecule has 1 atom stereocenters. The summed E-state index contributed by atoms with van der Waals surface area (Å²) in [6, 6.07) is -0.0181. The summed E-state index contributed by atoms with van der Waals surface area (Å²) in [5.41, 5.74) is 0. The third kappa shape index (κ3) is 6.07. The van der Waals surface area contributed by atoms with Gasteiger partial charge in [-0.2, -0.15) is 0 Å². The summed E-state index contributed by atoms with van der Waals surface area (Å²) in [4.78, 5) is 31.0. The molecule has 27 heavy (non-hydrogen) atoms. The van der Waals surface area contributed by atoms with Gasteiger partial charge in [0.2, 0.25) is 15.9 Å². The minimum absolute atomic E-state index is 0.0547. The van der Waals surface area contributed by atoms with Gasteiger partial charge in [-0.25, -0.2) is 17.9 Å². The summed E-state index contributed by atoms with van der Waals surface area (Å²) in [7, 11) is -3.26. The largest absolute Gasteiger partial charge is 0.338 e. The molecule has 0 aromatic carbocycles. The summed E-state index contributed by atoms with van der Waals surface area (Å²) in [5.74, 6) is 0.0366. The normalized spacial score (nSPS) is 22.0. The molecule has 0 saturated carbocycles. The molecule has 2 rings (SSSR count). The Bertz CT molecular complexity index is 613. The molecule has 0 aliphatic carbocycles. The molecule has 9 heteroatoms. The first-order valence-corrected chi connectivity index (χ1v) is 11.9. The van der Waals surface area contributed by atoms with E-state index >= 15 is 0 Å². The van der Waals surface area contributed by atoms with Crippen LogP contribution in [0.25, 0.3) is 0 Å². The van der Waals surface area contributed by atoms with E-state index in [1.165, 1.54) is 0 Å². The molecule has 1 N–H and O–H groups in total. The smallest absolute Gasteiger partial charge is 0.319 e. The Labute approximate surface area is 163 Å². The Morgan fingerprint density at radius 1 is 1.04 bits per heavy atom. The molecule has 2 aliphatic rings. The van der Waals surface area contributed by atoms with E-state index in [9.17, 15) is 18.0 Å². The number of nitrogens with zero attached hydrogens (tertiary/aromatic N) is 3. The zero-order valence-electron chi connectivity index (χ0n) is 16.8. The maximum atomic E-state index is 13.0. The highest BCUT2D eigenvalue weighted by Crippen LogP contribution is 2.25. The van der Waals surface area contributed by atoms with Crippen LogP contribution < -0.4 is 4.72 Å². The van der Waals surface area contributed by atoms with Crippen molar-refractivity contribution in [1.82, 2.24) is 19.4 Å². The molecule has 0 bridgehead atoms. The topological polar surface area (TPSA) is 90.0 Å². The average Bonchev–Trinajstić information content (AvgIpc) is 2.66. The SMILES string of the molecule is CCN(CC)C(=O)N1CCC(C(=O)N2CCCCC2CNS(C)(=O)=O)CC1. The van der Waals surface area contributed by atoms with Crippen molar-refractivity contribution in [2.45, 2.75) is 52.0 Å². The summed E-state index contributed by atoms with van der Waals surface area (Å²) in [6.07, 6.45) is 5.29. The van der Waals surface area contributed by atoms with Gasteiger partial charge in [0.25, 0.3) is 0 Å². The molecule has 8 nitrogen and oxygen atoms in total. The number of likely N-dealkylation sites (tertiary alicyclic amines) is 2. The standard InChI is InChI=1S/C18H34N4O4S/c1-4-20(5-2)18(24)21-12-9-15(10-13-21)17(23)22-11-7-6-8-16(22)14-19-27(3,25)26/h15-16,19H,4-14H2,1-3H3. The van der Waals surface area contributed by atoms with Gasteiger partial charge in [-0.05, 0) is 46.0 Å². The first-order chi connectivity index (χ1) is 12.8. The van der Waals surface area contributed by atoms with E-state index in [0.717, 1.165) is 25.5 Å². The first-order valence-electron chi connectivity index (χ1n) is 10.1. The molecular weight excluding hydrogens is 368 g/mol. The predicted octanol–water partition coefficient (Wildman–Crippen LogP) is 1.09. The van der Waals surface area contributed by atoms with E-state index in [1.54, 1.807) is 4.90 Å². The highest BCUT2D eigenvalue weighted by atomic mass is 32.2. The molecule has 2 saturated heterocycles. The van der Waals surface area contributed by atoms with Crippen LogP contribution in [0, 0.1) is 5.92 Å². The van der Waals surface area contributed by atoms with Crippen LogP contribution in [0.2, 0.25) is 0 Å². The quantitative estimate of drug-likeness (QED) is 0.720. The molecule has 1 unspecified atom stereocenters. The highest BCUT2D eigenvalue weighted by Gasteiger charge is 2.35. The minimum Gasteiger partial charge on any atom is -0.338 e. The number of sulfonamides is 1. The van der Waals surface area contributed by atoms with Gasteiger partial charge in [0.1, 0.15) is 0 Å². The van der Waals surface area contributed by atoms with Gasteiger partial charge < -0.3 is 14.7 Å². The van der Waals surface area contributed by atoms with Crippen molar-refractivity contribution >= 4 is 22.0 Å². The van der Waals surface area contributed by atoms with Crippen molar-refractivity contribution in [2.24, 2.45) is 5.92 Å². The van der Waals surface area contributed by atoms with E-state index < -0.39 is 10.0 Å². The lowest BCUT2D eigenvalue weighted by atomic mass is 9.92. The van der Waals surface area contributed by atoms with Crippen LogP contribution in [0.15, 0.2) is 0 Å². The van der Waals surface area contributed by atoms with E-state index in [0.29, 0.717) is 45.6 Å². The maximum Gasteiger partial charge on any atom is 0.319 e. The molecule has 156 valence electrons. The van der Waals surface area contributed by atoms with Crippen LogP contribution >= 0.6 is 0 Å². The summed E-state index contributed by atoms with van der Waals surface area (Å²) < 4.78 is 25.3. The zero-order valence-corrected chi connectivity index (χ0v) is 17.6. The van der Waals surface area contributed by atoms with Gasteiger partial charge in [0.15, 0.2) is 0 Å². The molecule has 2 aliphatic heterocycles. The van der Waals surface area contributed by atoms with Crippen LogP contribution in [-0.4, -0.2) is 86.6 Å². The summed E-state index contributed by atoms with van der Waals surface area (Å²) in [6.45, 7) is 7.50. The molecular formula is C18H34N4O4S. The number of hydrogen-bond acceptors (Lipinski definition) is 4. The molecule has 0 radical (unpaired) electrons. The lowest BCUT2D eigenvalue weighted by molar-refractivity contribution is -0.140. The third-order valence-electron chi connectivity index (χ3n) is 5.64. The van der Waals surface area contributed by atoms with Gasteiger partial charge in [0.05, 0.1) is 6.26 Å². The Morgan fingerprint density at radius 3 is 2.22 bits per heavy atom. The van der Waals surface area contributed by atoms with Crippen LogP contribution in [0.1, 0.15) is 46.0 Å². The van der Waals surface area contributed by atoms with Crippen LogP contribution in [0.4, 0.5) is 4.79 Å². The van der Waals surface area contributed by atoms with Crippen molar-refractivity contribution in [3.8, 4) is 0 Å². The summed E-state index contributed by atoms with van der Waals surface area (Å²) >= 11 is 0. The highest BCUT2D eigenvalue weighted by molar-refractivity contribution is 7.88. The number of urea groups is 1. The predicted molar refractivity (Wildman–Crippen MR) is 105 cm³/mol. The average molecular weight is 403 g/mol. The van der Waals surface area contributed by atoms with Gasteiger partial charge >= 0.3 is 6.03 Å². The number of carbonyl (C=O) groups is 2. The first kappa shape index (κ1) is 21.9. The van der Waals surface area contributed by atoms with E-state index in [4.69, 9.17) is 0 Å². The van der Waals surface area contributed by atoms with E-state index in [-0.39, 0.29) is 30.4 Å². The number of nitrogens with one attached hydrogen (secondary N) is 1. The second-order valence-electron chi connectivity index (χ2n) is 7.52. The van der Waals surface area contributed by atoms with Gasteiger partial charge in [-0.1, -0.05) is 0 Å². The number of piperidine rings is 2.